The van der Waals surface area contributed by atoms with Gasteiger partial charge in [-0.05, 0) is 18.6 Å². The number of aromatic nitrogens is 3. The molecule has 21 heavy (non-hydrogen) atoms. The van der Waals surface area contributed by atoms with Crippen molar-refractivity contribution in [3.05, 3.63) is 34.4 Å². The van der Waals surface area contributed by atoms with Crippen LogP contribution in [-0.4, -0.2) is 28.1 Å². The lowest BCUT2D eigenvalue weighted by Crippen LogP contribution is -2.19. The van der Waals surface area contributed by atoms with Crippen molar-refractivity contribution < 1.29 is 13.3 Å². The first-order valence-corrected chi connectivity index (χ1v) is 7.60. The average molecular weight is 311 g/mol. The van der Waals surface area contributed by atoms with Crippen molar-refractivity contribution >= 4 is 15.7 Å². The minimum absolute atomic E-state index is 0.0630. The first kappa shape index (κ1) is 15.1. The second-order valence-electron chi connectivity index (χ2n) is 4.31. The van der Waals surface area contributed by atoms with Crippen molar-refractivity contribution in [2.24, 2.45) is 5.14 Å². The topological polar surface area (TPSA) is 134 Å². The van der Waals surface area contributed by atoms with Crippen LogP contribution in [0.4, 0.5) is 5.69 Å². The number of rotatable bonds is 5. The van der Waals surface area contributed by atoms with Crippen molar-refractivity contribution in [2.75, 3.05) is 0 Å². The molecule has 112 valence electrons. The van der Waals surface area contributed by atoms with Gasteiger partial charge in [0, 0.05) is 24.2 Å². The predicted molar refractivity (Wildman–Crippen MR) is 73.8 cm³/mol. The van der Waals surface area contributed by atoms with Crippen molar-refractivity contribution in [3.63, 3.8) is 0 Å². The monoisotopic (exact) mass is 311 g/mol. The summed E-state index contributed by atoms with van der Waals surface area (Å²) in [6, 6.07) is 5.61. The molecule has 2 N–H and O–H groups in total. The molecule has 1 aromatic carbocycles. The van der Waals surface area contributed by atoms with Gasteiger partial charge >= 0.3 is 0 Å². The molecule has 1 heterocycles. The lowest BCUT2D eigenvalue weighted by atomic mass is 10.2. The molecule has 0 radical (unpaired) electrons. The van der Waals surface area contributed by atoms with Crippen LogP contribution in [0.15, 0.2) is 29.4 Å². The standard InChI is InChI=1S/C11H13N5O4S/c1-2-7-15-10(13-14-11(15)21(12,19)20)8-3-5-9(6-4-8)16(17)18/h3-6H,2,7H2,1H3,(H2,12,19,20). The summed E-state index contributed by atoms with van der Waals surface area (Å²) in [5.41, 5.74) is 0.462. The van der Waals surface area contributed by atoms with Crippen LogP contribution in [0, 0.1) is 10.1 Å². The molecule has 2 rings (SSSR count). The number of primary sulfonamides is 1. The largest absolute Gasteiger partial charge is 0.297 e. The zero-order valence-electron chi connectivity index (χ0n) is 11.1. The fourth-order valence-corrected chi connectivity index (χ4v) is 2.51. The van der Waals surface area contributed by atoms with E-state index in [1.807, 2.05) is 6.92 Å². The number of nitro groups is 1. The number of nitrogens with two attached hydrogens (primary N) is 1. The van der Waals surface area contributed by atoms with Crippen LogP contribution >= 0.6 is 0 Å². The molecule has 0 aliphatic carbocycles. The predicted octanol–water partition coefficient (Wildman–Crippen LogP) is 0.911. The lowest BCUT2D eigenvalue weighted by Gasteiger charge is -2.07. The number of hydrogen-bond donors (Lipinski definition) is 1. The number of nitro benzene ring substituents is 1. The summed E-state index contributed by atoms with van der Waals surface area (Å²) in [5.74, 6) is 0.302. The second kappa shape index (κ2) is 5.58. The Morgan fingerprint density at radius 2 is 1.90 bits per heavy atom. The molecule has 0 saturated heterocycles. The smallest absolute Gasteiger partial charge is 0.273 e. The van der Waals surface area contributed by atoms with Crippen LogP contribution in [0.1, 0.15) is 13.3 Å². The maximum atomic E-state index is 11.5. The van der Waals surface area contributed by atoms with E-state index < -0.39 is 14.9 Å². The summed E-state index contributed by atoms with van der Waals surface area (Å²) in [5, 5.41) is 22.8. The third-order valence-electron chi connectivity index (χ3n) is 2.75. The molecule has 0 aliphatic rings. The fraction of sp³-hybridized carbons (Fsp3) is 0.273. The highest BCUT2D eigenvalue weighted by Crippen LogP contribution is 2.23. The number of benzene rings is 1. The van der Waals surface area contributed by atoms with Crippen LogP contribution in [0.3, 0.4) is 0 Å². The molecule has 0 unspecified atom stereocenters. The van der Waals surface area contributed by atoms with E-state index >= 15 is 0 Å². The summed E-state index contributed by atoms with van der Waals surface area (Å²) < 4.78 is 24.3. The summed E-state index contributed by atoms with van der Waals surface area (Å²) in [4.78, 5) is 10.1. The van der Waals surface area contributed by atoms with Gasteiger partial charge < -0.3 is 0 Å². The lowest BCUT2D eigenvalue weighted by molar-refractivity contribution is -0.384. The Bertz CT molecular complexity index is 766. The van der Waals surface area contributed by atoms with Gasteiger partial charge in [-0.1, -0.05) is 6.92 Å². The van der Waals surface area contributed by atoms with E-state index in [4.69, 9.17) is 5.14 Å². The van der Waals surface area contributed by atoms with Gasteiger partial charge in [0.25, 0.3) is 20.9 Å². The van der Waals surface area contributed by atoms with Crippen LogP contribution in [-0.2, 0) is 16.6 Å². The van der Waals surface area contributed by atoms with Gasteiger partial charge in [0.1, 0.15) is 0 Å². The number of nitrogens with zero attached hydrogens (tertiary/aromatic N) is 4. The summed E-state index contributed by atoms with van der Waals surface area (Å²) in [6.45, 7) is 2.23. The van der Waals surface area contributed by atoms with Crippen molar-refractivity contribution in [2.45, 2.75) is 25.0 Å². The Hall–Kier alpha value is -2.33. The van der Waals surface area contributed by atoms with Crippen LogP contribution in [0.5, 0.6) is 0 Å². The van der Waals surface area contributed by atoms with Gasteiger partial charge in [-0.2, -0.15) is 0 Å². The number of sulfonamides is 1. The maximum Gasteiger partial charge on any atom is 0.273 e. The maximum absolute atomic E-state index is 11.5. The van der Waals surface area contributed by atoms with Crippen molar-refractivity contribution in [1.29, 1.82) is 0 Å². The SMILES string of the molecule is CCCn1c(-c2ccc([N+](=O)[O-])cc2)nnc1S(N)(=O)=O. The van der Waals surface area contributed by atoms with Crippen LogP contribution in [0.2, 0.25) is 0 Å². The minimum Gasteiger partial charge on any atom is -0.297 e. The minimum atomic E-state index is -3.98. The number of hydrogen-bond acceptors (Lipinski definition) is 6. The first-order chi connectivity index (χ1) is 9.84. The van der Waals surface area contributed by atoms with E-state index in [1.54, 1.807) is 0 Å². The molecular formula is C11H13N5O4S. The Morgan fingerprint density at radius 3 is 2.38 bits per heavy atom. The average Bonchev–Trinajstić information content (AvgIpc) is 2.83. The van der Waals surface area contributed by atoms with Gasteiger partial charge in [-0.25, -0.2) is 13.6 Å². The zero-order chi connectivity index (χ0) is 15.6. The normalized spacial score (nSPS) is 11.5. The van der Waals surface area contributed by atoms with E-state index in [2.05, 4.69) is 10.2 Å². The van der Waals surface area contributed by atoms with Crippen molar-refractivity contribution in [3.8, 4) is 11.4 Å². The molecule has 2 aromatic rings. The summed E-state index contributed by atoms with van der Waals surface area (Å²) in [7, 11) is -3.98. The molecular weight excluding hydrogens is 298 g/mol. The zero-order valence-corrected chi connectivity index (χ0v) is 11.9. The highest BCUT2D eigenvalue weighted by atomic mass is 32.2. The Morgan fingerprint density at radius 1 is 1.29 bits per heavy atom. The highest BCUT2D eigenvalue weighted by molar-refractivity contribution is 7.89. The molecule has 0 saturated carbocycles. The van der Waals surface area contributed by atoms with Gasteiger partial charge in [-0.3, -0.25) is 14.7 Å². The van der Waals surface area contributed by atoms with E-state index in [1.165, 1.54) is 28.8 Å². The van der Waals surface area contributed by atoms with E-state index in [0.717, 1.165) is 0 Å². The molecule has 0 amide bonds. The molecule has 1 aromatic heterocycles. The second-order valence-corrected chi connectivity index (χ2v) is 5.76. The third-order valence-corrected chi connectivity index (χ3v) is 3.57. The first-order valence-electron chi connectivity index (χ1n) is 6.05. The fourth-order valence-electron chi connectivity index (χ4n) is 1.87. The van der Waals surface area contributed by atoms with E-state index in [9.17, 15) is 18.5 Å². The Balaban J connectivity index is 2.53. The molecule has 9 nitrogen and oxygen atoms in total. The number of non-ortho nitro benzene ring substituents is 1. The van der Waals surface area contributed by atoms with E-state index in [-0.39, 0.29) is 10.8 Å². The molecule has 0 fully saturated rings. The van der Waals surface area contributed by atoms with E-state index in [0.29, 0.717) is 24.4 Å². The van der Waals surface area contributed by atoms with Gasteiger partial charge in [-0.15, -0.1) is 10.2 Å². The van der Waals surface area contributed by atoms with Gasteiger partial charge in [0.05, 0.1) is 4.92 Å². The van der Waals surface area contributed by atoms with Gasteiger partial charge in [0.15, 0.2) is 5.82 Å². The van der Waals surface area contributed by atoms with Crippen molar-refractivity contribution in [1.82, 2.24) is 14.8 Å². The van der Waals surface area contributed by atoms with Crippen LogP contribution < -0.4 is 5.14 Å². The Labute approximate surface area is 120 Å². The highest BCUT2D eigenvalue weighted by Gasteiger charge is 2.21. The quantitative estimate of drug-likeness (QED) is 0.644. The van der Waals surface area contributed by atoms with Crippen LogP contribution in [0.25, 0.3) is 11.4 Å². The summed E-state index contributed by atoms with van der Waals surface area (Å²) >= 11 is 0. The molecule has 0 aliphatic heterocycles. The third kappa shape index (κ3) is 3.06. The van der Waals surface area contributed by atoms with Gasteiger partial charge in [0.2, 0.25) is 0 Å². The molecule has 0 spiro atoms. The molecule has 10 heteroatoms. The Kier molecular flexibility index (Phi) is 4.00. The molecule has 0 atom stereocenters. The molecule has 0 bridgehead atoms. The summed E-state index contributed by atoms with van der Waals surface area (Å²) in [6.07, 6.45) is 0.653.